The van der Waals surface area contributed by atoms with Gasteiger partial charge in [-0.05, 0) is 44.9 Å². The SMILES string of the molecule is CCCCN(CCCC)[P+]1(N=P(NC)(NC)NC)N(C)CCCN1C. The van der Waals surface area contributed by atoms with Gasteiger partial charge in [-0.1, -0.05) is 26.7 Å². The Hall–Kier alpha value is 0.420. The fraction of sp³-hybridized carbons (Fsp3) is 1.00. The van der Waals surface area contributed by atoms with Crippen molar-refractivity contribution in [2.24, 2.45) is 4.52 Å². The van der Waals surface area contributed by atoms with Crippen LogP contribution in [-0.4, -0.2) is 75.4 Å². The molecular weight excluding hydrogens is 352 g/mol. The molecule has 0 unspecified atom stereocenters. The molecule has 1 heterocycles. The zero-order chi connectivity index (χ0) is 18.9. The highest BCUT2D eigenvalue weighted by Crippen LogP contribution is 2.73. The Balaban J connectivity index is 3.45. The molecule has 0 bridgehead atoms. The first-order valence-corrected chi connectivity index (χ1v) is 13.1. The van der Waals surface area contributed by atoms with E-state index in [9.17, 15) is 0 Å². The van der Waals surface area contributed by atoms with E-state index in [1.54, 1.807) is 0 Å². The largest absolute Gasteiger partial charge is 0.356 e. The molecule has 150 valence electrons. The smallest absolute Gasteiger partial charge is 0.260 e. The van der Waals surface area contributed by atoms with Crippen LogP contribution in [0, 0.1) is 0 Å². The number of hydrogen-bond donors (Lipinski definition) is 3. The van der Waals surface area contributed by atoms with Crippen molar-refractivity contribution < 1.29 is 0 Å². The summed E-state index contributed by atoms with van der Waals surface area (Å²) >= 11 is 0. The molecule has 0 spiro atoms. The molecule has 9 heteroatoms. The van der Waals surface area contributed by atoms with Gasteiger partial charge in [-0.3, -0.25) is 15.3 Å². The lowest BCUT2D eigenvalue weighted by molar-refractivity contribution is 0.292. The van der Waals surface area contributed by atoms with E-state index in [4.69, 9.17) is 4.52 Å². The first-order valence-electron chi connectivity index (χ1n) is 9.74. The second-order valence-electron chi connectivity index (χ2n) is 6.71. The third-order valence-electron chi connectivity index (χ3n) is 5.02. The lowest BCUT2D eigenvalue weighted by Crippen LogP contribution is -2.47. The Bertz CT molecular complexity index is 396. The minimum atomic E-state index is -1.97. The van der Waals surface area contributed by atoms with Gasteiger partial charge in [-0.15, -0.1) is 14.0 Å². The number of nitrogens with one attached hydrogen (secondary N) is 3. The highest BCUT2D eigenvalue weighted by atomic mass is 31.2. The summed E-state index contributed by atoms with van der Waals surface area (Å²) in [5, 5.41) is 10.4. The van der Waals surface area contributed by atoms with E-state index in [-0.39, 0.29) is 0 Å². The molecule has 0 aliphatic carbocycles. The first kappa shape index (κ1) is 23.5. The van der Waals surface area contributed by atoms with E-state index in [1.165, 1.54) is 32.1 Å². The van der Waals surface area contributed by atoms with Gasteiger partial charge in [0.05, 0.1) is 0 Å². The summed E-state index contributed by atoms with van der Waals surface area (Å²) in [6, 6.07) is 0. The third-order valence-corrected chi connectivity index (χ3v) is 12.4. The zero-order valence-corrected chi connectivity index (χ0v) is 19.3. The van der Waals surface area contributed by atoms with Crippen molar-refractivity contribution in [3.05, 3.63) is 0 Å². The summed E-state index contributed by atoms with van der Waals surface area (Å²) in [5.74, 6) is 0. The van der Waals surface area contributed by atoms with Gasteiger partial charge < -0.3 is 0 Å². The number of unbranched alkanes of at least 4 members (excludes halogenated alkanes) is 2. The van der Waals surface area contributed by atoms with Crippen molar-refractivity contribution in [2.45, 2.75) is 46.0 Å². The van der Waals surface area contributed by atoms with Gasteiger partial charge in [0.1, 0.15) is 0 Å². The van der Waals surface area contributed by atoms with Crippen LogP contribution in [0.4, 0.5) is 0 Å². The van der Waals surface area contributed by atoms with Crippen LogP contribution in [-0.2, 0) is 0 Å². The Morgan fingerprint density at radius 2 is 1.36 bits per heavy atom. The van der Waals surface area contributed by atoms with Gasteiger partial charge >= 0.3 is 7.87 Å². The van der Waals surface area contributed by atoms with E-state index in [2.05, 4.69) is 57.2 Å². The van der Waals surface area contributed by atoms with Crippen molar-refractivity contribution in [1.29, 1.82) is 0 Å². The molecule has 1 aliphatic rings. The lowest BCUT2D eigenvalue weighted by Gasteiger charge is -2.45. The molecular formula is C16H42N7P2+. The topological polar surface area (TPSA) is 58.2 Å². The van der Waals surface area contributed by atoms with Crippen molar-refractivity contribution in [2.75, 3.05) is 61.4 Å². The molecule has 0 atom stereocenters. The van der Waals surface area contributed by atoms with Gasteiger partial charge in [0, 0.05) is 40.3 Å². The van der Waals surface area contributed by atoms with Crippen LogP contribution in [0.3, 0.4) is 0 Å². The van der Waals surface area contributed by atoms with E-state index in [0.29, 0.717) is 0 Å². The second kappa shape index (κ2) is 11.3. The predicted molar refractivity (Wildman–Crippen MR) is 115 cm³/mol. The Morgan fingerprint density at radius 3 is 1.72 bits per heavy atom. The van der Waals surface area contributed by atoms with E-state index < -0.39 is 15.4 Å². The molecule has 3 N–H and O–H groups in total. The Morgan fingerprint density at radius 1 is 0.920 bits per heavy atom. The molecule has 0 aromatic rings. The van der Waals surface area contributed by atoms with Crippen molar-refractivity contribution in [3.63, 3.8) is 0 Å². The number of nitrogens with zero attached hydrogens (tertiary/aromatic N) is 4. The maximum atomic E-state index is 5.59. The van der Waals surface area contributed by atoms with Gasteiger partial charge in [0.25, 0.3) is 0 Å². The van der Waals surface area contributed by atoms with Gasteiger partial charge in [0.15, 0.2) is 0 Å². The molecule has 0 amide bonds. The van der Waals surface area contributed by atoms with E-state index in [1.807, 2.05) is 21.1 Å². The highest BCUT2D eigenvalue weighted by molar-refractivity contribution is 7.76. The maximum Gasteiger partial charge on any atom is 0.356 e. The molecule has 1 aliphatic heterocycles. The summed E-state index contributed by atoms with van der Waals surface area (Å²) in [7, 11) is 6.67. The highest BCUT2D eigenvalue weighted by Gasteiger charge is 2.57. The summed E-state index contributed by atoms with van der Waals surface area (Å²) in [4.78, 5) is 0. The van der Waals surface area contributed by atoms with Crippen molar-refractivity contribution in [3.8, 4) is 0 Å². The fourth-order valence-corrected chi connectivity index (χ4v) is 11.1. The third kappa shape index (κ3) is 5.46. The fourth-order valence-electron chi connectivity index (χ4n) is 3.39. The summed E-state index contributed by atoms with van der Waals surface area (Å²) in [6.07, 6.45) is 6.12. The lowest BCUT2D eigenvalue weighted by atomic mass is 10.3. The molecule has 7 nitrogen and oxygen atoms in total. The quantitative estimate of drug-likeness (QED) is 0.467. The number of rotatable bonds is 11. The number of hydrogen-bond acceptors (Lipinski definition) is 4. The van der Waals surface area contributed by atoms with Crippen LogP contribution >= 0.6 is 15.4 Å². The average Bonchev–Trinajstić information content (AvgIpc) is 2.63. The average molecular weight is 395 g/mol. The van der Waals surface area contributed by atoms with Crippen LogP contribution < -0.4 is 15.3 Å². The first-order chi connectivity index (χ1) is 12.0. The normalized spacial score (nSPS) is 19.5. The molecule has 0 aromatic heterocycles. The van der Waals surface area contributed by atoms with Crippen LogP contribution in [0.25, 0.3) is 0 Å². The molecule has 0 saturated carbocycles. The van der Waals surface area contributed by atoms with Gasteiger partial charge in [-0.2, -0.15) is 0 Å². The standard InChI is InChI=1S/C16H42N7P2/c1-8-10-15-23(16-11-9-2)25(20-24(17-3,18-4)19-5)21(6)13-12-14-22(25)7/h17-19H,8-16H2,1-7H3/q+1. The zero-order valence-electron chi connectivity index (χ0n) is 17.5. The van der Waals surface area contributed by atoms with E-state index in [0.717, 1.165) is 26.2 Å². The molecule has 25 heavy (non-hydrogen) atoms. The summed E-state index contributed by atoms with van der Waals surface area (Å²) < 4.78 is 13.4. The molecule has 1 saturated heterocycles. The van der Waals surface area contributed by atoms with Crippen molar-refractivity contribution >= 4 is 15.4 Å². The molecule has 0 aromatic carbocycles. The van der Waals surface area contributed by atoms with Gasteiger partial charge in [0.2, 0.25) is 7.51 Å². The van der Waals surface area contributed by atoms with Crippen LogP contribution in [0.5, 0.6) is 0 Å². The predicted octanol–water partition coefficient (Wildman–Crippen LogP) is 3.44. The Kier molecular flexibility index (Phi) is 10.6. The van der Waals surface area contributed by atoms with E-state index >= 15 is 0 Å². The summed E-state index contributed by atoms with van der Waals surface area (Å²) in [5.41, 5.74) is 0. The minimum absolute atomic E-state index is 1.12. The van der Waals surface area contributed by atoms with Gasteiger partial charge in [-0.25, -0.2) is 0 Å². The van der Waals surface area contributed by atoms with Crippen molar-refractivity contribution in [1.82, 2.24) is 29.3 Å². The summed E-state index contributed by atoms with van der Waals surface area (Å²) in [6.45, 7) is 9.04. The van der Waals surface area contributed by atoms with Crippen LogP contribution in [0.2, 0.25) is 0 Å². The minimum Gasteiger partial charge on any atom is -0.260 e. The van der Waals surface area contributed by atoms with Crippen LogP contribution in [0.1, 0.15) is 46.0 Å². The van der Waals surface area contributed by atoms with Crippen LogP contribution in [0.15, 0.2) is 4.52 Å². The molecule has 0 radical (unpaired) electrons. The second-order valence-corrected chi connectivity index (χ2v) is 13.0. The monoisotopic (exact) mass is 394 g/mol. The Labute approximate surface area is 157 Å². The molecule has 1 rings (SSSR count). The molecule has 1 fully saturated rings. The maximum absolute atomic E-state index is 5.59.